The van der Waals surface area contributed by atoms with Crippen LogP contribution in [0.15, 0.2) is 45.6 Å². The molecule has 0 bridgehead atoms. The lowest BCUT2D eigenvalue weighted by Crippen LogP contribution is -2.22. The van der Waals surface area contributed by atoms with Crippen molar-refractivity contribution in [1.29, 1.82) is 0 Å². The molecule has 0 aliphatic carbocycles. The van der Waals surface area contributed by atoms with E-state index in [9.17, 15) is 14.7 Å². The lowest BCUT2D eigenvalue weighted by Gasteiger charge is -2.11. The number of benzene rings is 2. The highest BCUT2D eigenvalue weighted by Crippen LogP contribution is 2.30. The van der Waals surface area contributed by atoms with Crippen LogP contribution in [0.2, 0.25) is 0 Å². The van der Waals surface area contributed by atoms with Crippen molar-refractivity contribution in [2.75, 3.05) is 0 Å². The lowest BCUT2D eigenvalue weighted by atomic mass is 10.1. The summed E-state index contributed by atoms with van der Waals surface area (Å²) < 4.78 is 10.8. The Kier molecular flexibility index (Phi) is 3.21. The number of hydrogen-bond donors (Lipinski definition) is 2. The van der Waals surface area contributed by atoms with E-state index in [0.29, 0.717) is 11.0 Å². The number of phenols is 1. The monoisotopic (exact) mass is 300 g/mol. The van der Waals surface area contributed by atoms with Gasteiger partial charge in [0, 0.05) is 12.1 Å². The Bertz CT molecular complexity index is 940. The zero-order chi connectivity index (χ0) is 15.9. The summed E-state index contributed by atoms with van der Waals surface area (Å²) in [5.74, 6) is -1.34. The van der Waals surface area contributed by atoms with Crippen LogP contribution in [0, 0.1) is 0 Å². The summed E-state index contributed by atoms with van der Waals surface area (Å²) >= 11 is 0. The molecule has 2 N–H and O–H groups in total. The Morgan fingerprint density at radius 1 is 1.23 bits per heavy atom. The van der Waals surface area contributed by atoms with E-state index in [-0.39, 0.29) is 27.9 Å². The van der Waals surface area contributed by atoms with Gasteiger partial charge in [-0.3, -0.25) is 4.79 Å². The van der Waals surface area contributed by atoms with E-state index in [1.165, 1.54) is 19.1 Å². The molecule has 1 unspecified atom stereocenters. The second-order valence-corrected chi connectivity index (χ2v) is 4.84. The van der Waals surface area contributed by atoms with E-state index in [1.807, 2.05) is 0 Å². The Morgan fingerprint density at radius 2 is 1.95 bits per heavy atom. The maximum Gasteiger partial charge on any atom is 0.344 e. The molecule has 0 fully saturated rings. The number of para-hydroxylation sites is 1. The molecule has 1 atom stereocenters. The predicted octanol–water partition coefficient (Wildman–Crippen LogP) is 2.50. The van der Waals surface area contributed by atoms with Crippen molar-refractivity contribution in [3.8, 4) is 11.5 Å². The van der Waals surface area contributed by atoms with Crippen LogP contribution in [0.4, 0.5) is 0 Å². The number of phenolic OH excluding ortho intramolecular Hbond substituents is 1. The standard InChI is InChI=1S/C16H12O6/c1-8(16(19)20)21-9-6-11(17)14-13(7-9)22-12-5-3-2-4-10(12)15(14)18/h2-8,17H,1H3,(H,19,20). The van der Waals surface area contributed by atoms with Gasteiger partial charge in [-0.25, -0.2) is 4.79 Å². The van der Waals surface area contributed by atoms with Gasteiger partial charge in [0.05, 0.1) is 5.39 Å². The number of carboxylic acid groups (broad SMARTS) is 1. The third kappa shape index (κ3) is 2.24. The number of aromatic hydroxyl groups is 1. The number of ether oxygens (including phenoxy) is 1. The molecule has 0 saturated heterocycles. The van der Waals surface area contributed by atoms with Gasteiger partial charge in [-0.1, -0.05) is 12.1 Å². The van der Waals surface area contributed by atoms with Crippen LogP contribution in [0.5, 0.6) is 11.5 Å². The van der Waals surface area contributed by atoms with Gasteiger partial charge in [-0.05, 0) is 19.1 Å². The van der Waals surface area contributed by atoms with Gasteiger partial charge in [0.2, 0.25) is 5.43 Å². The number of hydrogen-bond acceptors (Lipinski definition) is 5. The van der Waals surface area contributed by atoms with Gasteiger partial charge < -0.3 is 19.4 Å². The summed E-state index contributed by atoms with van der Waals surface area (Å²) in [6.07, 6.45) is -1.09. The van der Waals surface area contributed by atoms with Crippen LogP contribution in [-0.4, -0.2) is 22.3 Å². The third-order valence-electron chi connectivity index (χ3n) is 3.29. The maximum absolute atomic E-state index is 12.4. The maximum atomic E-state index is 12.4. The zero-order valence-electron chi connectivity index (χ0n) is 11.6. The second kappa shape index (κ2) is 5.07. The molecule has 0 aliphatic heterocycles. The fourth-order valence-corrected chi connectivity index (χ4v) is 2.20. The van der Waals surface area contributed by atoms with E-state index in [1.54, 1.807) is 24.3 Å². The molecule has 2 aromatic carbocycles. The Hall–Kier alpha value is -3.02. The van der Waals surface area contributed by atoms with Gasteiger partial charge in [0.1, 0.15) is 28.1 Å². The number of aliphatic carboxylic acids is 1. The van der Waals surface area contributed by atoms with Crippen molar-refractivity contribution < 1.29 is 24.2 Å². The van der Waals surface area contributed by atoms with Gasteiger partial charge in [0.25, 0.3) is 0 Å². The number of carboxylic acids is 1. The van der Waals surface area contributed by atoms with Crippen LogP contribution in [0.1, 0.15) is 6.92 Å². The molecule has 3 rings (SSSR count). The first-order valence-corrected chi connectivity index (χ1v) is 6.55. The smallest absolute Gasteiger partial charge is 0.344 e. The molecule has 0 spiro atoms. The lowest BCUT2D eigenvalue weighted by molar-refractivity contribution is -0.144. The van der Waals surface area contributed by atoms with E-state index < -0.39 is 12.1 Å². The van der Waals surface area contributed by atoms with E-state index in [0.717, 1.165) is 0 Å². The first kappa shape index (κ1) is 13.9. The van der Waals surface area contributed by atoms with Crippen molar-refractivity contribution in [3.63, 3.8) is 0 Å². The van der Waals surface area contributed by atoms with E-state index in [4.69, 9.17) is 14.3 Å². The molecule has 6 nitrogen and oxygen atoms in total. The first-order valence-electron chi connectivity index (χ1n) is 6.55. The molecule has 3 aromatic rings. The molecule has 22 heavy (non-hydrogen) atoms. The number of rotatable bonds is 3. The van der Waals surface area contributed by atoms with Crippen molar-refractivity contribution >= 4 is 27.9 Å². The fraction of sp³-hybridized carbons (Fsp3) is 0.125. The predicted molar refractivity (Wildman–Crippen MR) is 79.4 cm³/mol. The fourth-order valence-electron chi connectivity index (χ4n) is 2.20. The van der Waals surface area contributed by atoms with Crippen LogP contribution in [-0.2, 0) is 4.79 Å². The Balaban J connectivity index is 2.24. The Morgan fingerprint density at radius 3 is 2.68 bits per heavy atom. The number of carbonyl (C=O) groups is 1. The third-order valence-corrected chi connectivity index (χ3v) is 3.29. The van der Waals surface area contributed by atoms with E-state index >= 15 is 0 Å². The first-order chi connectivity index (χ1) is 10.5. The molecular weight excluding hydrogens is 288 g/mol. The van der Waals surface area contributed by atoms with Crippen molar-refractivity contribution in [2.45, 2.75) is 13.0 Å². The summed E-state index contributed by atoms with van der Waals surface area (Å²) in [4.78, 5) is 23.2. The summed E-state index contributed by atoms with van der Waals surface area (Å²) in [5.41, 5.74) is 0.159. The molecule has 6 heteroatoms. The van der Waals surface area contributed by atoms with Crippen LogP contribution in [0.3, 0.4) is 0 Å². The Labute approximate surface area is 124 Å². The average Bonchev–Trinajstić information content (AvgIpc) is 2.46. The molecule has 112 valence electrons. The summed E-state index contributed by atoms with van der Waals surface area (Å²) in [6.45, 7) is 1.36. The minimum atomic E-state index is -1.14. The van der Waals surface area contributed by atoms with Crippen molar-refractivity contribution in [1.82, 2.24) is 0 Å². The summed E-state index contributed by atoms with van der Waals surface area (Å²) in [5, 5.41) is 19.3. The largest absolute Gasteiger partial charge is 0.507 e. The van der Waals surface area contributed by atoms with Gasteiger partial charge in [-0.15, -0.1) is 0 Å². The highest BCUT2D eigenvalue weighted by atomic mass is 16.5. The second-order valence-electron chi connectivity index (χ2n) is 4.84. The minimum Gasteiger partial charge on any atom is -0.507 e. The molecular formula is C16H12O6. The summed E-state index contributed by atoms with van der Waals surface area (Å²) in [7, 11) is 0. The molecule has 0 aliphatic rings. The highest BCUT2D eigenvalue weighted by Gasteiger charge is 2.17. The highest BCUT2D eigenvalue weighted by molar-refractivity contribution is 5.93. The van der Waals surface area contributed by atoms with E-state index in [2.05, 4.69) is 0 Å². The molecule has 1 heterocycles. The van der Waals surface area contributed by atoms with Crippen molar-refractivity contribution in [3.05, 3.63) is 46.6 Å². The zero-order valence-corrected chi connectivity index (χ0v) is 11.6. The van der Waals surface area contributed by atoms with Gasteiger partial charge in [0.15, 0.2) is 6.10 Å². The summed E-state index contributed by atoms with van der Waals surface area (Å²) in [6, 6.07) is 9.27. The van der Waals surface area contributed by atoms with Crippen LogP contribution < -0.4 is 10.2 Å². The molecule has 1 aromatic heterocycles. The molecule has 0 radical (unpaired) electrons. The topological polar surface area (TPSA) is 97.0 Å². The number of fused-ring (bicyclic) bond motifs is 2. The molecule has 0 saturated carbocycles. The van der Waals surface area contributed by atoms with Crippen LogP contribution >= 0.6 is 0 Å². The van der Waals surface area contributed by atoms with Gasteiger partial charge >= 0.3 is 5.97 Å². The minimum absolute atomic E-state index is 0.0361. The average molecular weight is 300 g/mol. The SMILES string of the molecule is CC(Oc1cc(O)c2c(=O)c3ccccc3oc2c1)C(=O)O. The van der Waals surface area contributed by atoms with Gasteiger partial charge in [-0.2, -0.15) is 0 Å². The normalized spacial score (nSPS) is 12.4. The quantitative estimate of drug-likeness (QED) is 0.721. The molecule has 0 amide bonds. The van der Waals surface area contributed by atoms with Crippen molar-refractivity contribution in [2.24, 2.45) is 0 Å². The van der Waals surface area contributed by atoms with Crippen LogP contribution in [0.25, 0.3) is 21.9 Å².